The molecule has 0 aromatic heterocycles. The van der Waals surface area contributed by atoms with Crippen LogP contribution in [0.3, 0.4) is 0 Å². The SMILES string of the molecule is CC1CSC(C2CCOCC2)N1. The first-order chi connectivity index (χ1) is 5.86. The van der Waals surface area contributed by atoms with E-state index >= 15 is 0 Å². The van der Waals surface area contributed by atoms with Crippen molar-refractivity contribution in [3.63, 3.8) is 0 Å². The molecule has 2 unspecified atom stereocenters. The summed E-state index contributed by atoms with van der Waals surface area (Å²) in [6.45, 7) is 4.21. The number of ether oxygens (including phenoxy) is 1. The fourth-order valence-corrected chi connectivity index (χ4v) is 3.38. The Hall–Kier alpha value is 0.270. The van der Waals surface area contributed by atoms with Crippen LogP contribution in [0.5, 0.6) is 0 Å². The van der Waals surface area contributed by atoms with Gasteiger partial charge in [0.1, 0.15) is 0 Å². The van der Waals surface area contributed by atoms with Crippen molar-refractivity contribution in [1.29, 1.82) is 0 Å². The van der Waals surface area contributed by atoms with Crippen LogP contribution in [0.2, 0.25) is 0 Å². The van der Waals surface area contributed by atoms with Crippen molar-refractivity contribution >= 4 is 11.8 Å². The highest BCUT2D eigenvalue weighted by atomic mass is 32.2. The fraction of sp³-hybridized carbons (Fsp3) is 1.00. The Morgan fingerprint density at radius 2 is 2.08 bits per heavy atom. The predicted octanol–water partition coefficient (Wildman–Crippen LogP) is 1.46. The van der Waals surface area contributed by atoms with Crippen molar-refractivity contribution in [2.24, 2.45) is 5.92 Å². The summed E-state index contributed by atoms with van der Waals surface area (Å²) in [6, 6.07) is 0.711. The zero-order chi connectivity index (χ0) is 8.39. The van der Waals surface area contributed by atoms with Gasteiger partial charge in [-0.25, -0.2) is 0 Å². The lowest BCUT2D eigenvalue weighted by Gasteiger charge is -2.27. The van der Waals surface area contributed by atoms with Crippen LogP contribution in [0.25, 0.3) is 0 Å². The summed E-state index contributed by atoms with van der Waals surface area (Å²) in [6.07, 6.45) is 2.49. The maximum Gasteiger partial charge on any atom is 0.0565 e. The molecule has 0 bridgehead atoms. The van der Waals surface area contributed by atoms with Crippen LogP contribution in [0.1, 0.15) is 19.8 Å². The van der Waals surface area contributed by atoms with Gasteiger partial charge in [-0.2, -0.15) is 0 Å². The molecule has 3 heteroatoms. The van der Waals surface area contributed by atoms with Crippen LogP contribution >= 0.6 is 11.8 Å². The van der Waals surface area contributed by atoms with Gasteiger partial charge >= 0.3 is 0 Å². The second-order valence-electron chi connectivity index (χ2n) is 3.77. The number of rotatable bonds is 1. The summed E-state index contributed by atoms with van der Waals surface area (Å²) >= 11 is 2.09. The fourth-order valence-electron chi connectivity index (χ4n) is 1.92. The first-order valence-electron chi connectivity index (χ1n) is 4.81. The Morgan fingerprint density at radius 1 is 1.33 bits per heavy atom. The summed E-state index contributed by atoms with van der Waals surface area (Å²) in [5.74, 6) is 2.14. The topological polar surface area (TPSA) is 21.3 Å². The predicted molar refractivity (Wildman–Crippen MR) is 52.4 cm³/mol. The minimum atomic E-state index is 0.711. The third-order valence-corrected chi connectivity index (χ3v) is 4.24. The molecule has 2 aliphatic rings. The van der Waals surface area contributed by atoms with Crippen LogP contribution in [0, 0.1) is 5.92 Å². The van der Waals surface area contributed by atoms with E-state index in [0.29, 0.717) is 11.4 Å². The molecule has 2 heterocycles. The van der Waals surface area contributed by atoms with Gasteiger partial charge in [0.2, 0.25) is 0 Å². The first kappa shape index (κ1) is 8.85. The first-order valence-corrected chi connectivity index (χ1v) is 5.86. The molecule has 70 valence electrons. The van der Waals surface area contributed by atoms with Gasteiger partial charge in [-0.1, -0.05) is 0 Å². The summed E-state index contributed by atoms with van der Waals surface area (Å²) < 4.78 is 5.35. The van der Waals surface area contributed by atoms with E-state index in [2.05, 4.69) is 24.0 Å². The number of hydrogen-bond acceptors (Lipinski definition) is 3. The Balaban J connectivity index is 1.83. The summed E-state index contributed by atoms with van der Waals surface area (Å²) in [5, 5.41) is 4.34. The van der Waals surface area contributed by atoms with Gasteiger partial charge in [0.15, 0.2) is 0 Å². The van der Waals surface area contributed by atoms with Crippen LogP contribution < -0.4 is 5.32 Å². The monoisotopic (exact) mass is 187 g/mol. The molecular formula is C9H17NOS. The van der Waals surface area contributed by atoms with Crippen molar-refractivity contribution in [2.45, 2.75) is 31.2 Å². The molecule has 2 aliphatic heterocycles. The molecule has 0 saturated carbocycles. The van der Waals surface area contributed by atoms with E-state index in [-0.39, 0.29) is 0 Å². The van der Waals surface area contributed by atoms with Crippen LogP contribution in [0.15, 0.2) is 0 Å². The molecular weight excluding hydrogens is 170 g/mol. The van der Waals surface area contributed by atoms with Crippen LogP contribution in [0.4, 0.5) is 0 Å². The number of hydrogen-bond donors (Lipinski definition) is 1. The molecule has 1 N–H and O–H groups in total. The lowest BCUT2D eigenvalue weighted by Crippen LogP contribution is -2.35. The third-order valence-electron chi connectivity index (χ3n) is 2.67. The molecule has 2 nitrogen and oxygen atoms in total. The Bertz CT molecular complexity index is 145. The van der Waals surface area contributed by atoms with Gasteiger partial charge < -0.3 is 10.1 Å². The second-order valence-corrected chi connectivity index (χ2v) is 4.95. The lowest BCUT2D eigenvalue weighted by molar-refractivity contribution is 0.0632. The number of thioether (sulfide) groups is 1. The average molecular weight is 187 g/mol. The quantitative estimate of drug-likeness (QED) is 0.671. The molecule has 2 saturated heterocycles. The van der Waals surface area contributed by atoms with Crippen molar-refractivity contribution < 1.29 is 4.74 Å². The third kappa shape index (κ3) is 1.95. The molecule has 0 aliphatic carbocycles. The van der Waals surface area contributed by atoms with Crippen molar-refractivity contribution in [3.8, 4) is 0 Å². The van der Waals surface area contributed by atoms with Gasteiger partial charge in [0, 0.05) is 25.0 Å². The van der Waals surface area contributed by atoms with E-state index in [1.165, 1.54) is 18.6 Å². The zero-order valence-electron chi connectivity index (χ0n) is 7.58. The Labute approximate surface area is 78.4 Å². The van der Waals surface area contributed by atoms with E-state index in [9.17, 15) is 0 Å². The van der Waals surface area contributed by atoms with Gasteiger partial charge in [0.25, 0.3) is 0 Å². The maximum atomic E-state index is 5.35. The molecule has 0 spiro atoms. The van der Waals surface area contributed by atoms with Crippen molar-refractivity contribution in [2.75, 3.05) is 19.0 Å². The normalized spacial score (nSPS) is 38.8. The van der Waals surface area contributed by atoms with Gasteiger partial charge in [-0.3, -0.25) is 0 Å². The molecule has 12 heavy (non-hydrogen) atoms. The summed E-state index contributed by atoms with van der Waals surface area (Å²) in [5.41, 5.74) is 0. The van der Waals surface area contributed by atoms with Crippen LogP contribution in [-0.4, -0.2) is 30.4 Å². The highest BCUT2D eigenvalue weighted by molar-refractivity contribution is 8.00. The van der Waals surface area contributed by atoms with E-state index in [4.69, 9.17) is 4.74 Å². The lowest BCUT2D eigenvalue weighted by atomic mass is 10.00. The minimum absolute atomic E-state index is 0.711. The standard InChI is InChI=1S/C9H17NOS/c1-7-6-12-9(10-7)8-2-4-11-5-3-8/h7-10H,2-6H2,1H3. The van der Waals surface area contributed by atoms with Crippen molar-refractivity contribution in [1.82, 2.24) is 5.32 Å². The van der Waals surface area contributed by atoms with E-state index in [0.717, 1.165) is 19.1 Å². The van der Waals surface area contributed by atoms with E-state index in [1.807, 2.05) is 0 Å². The maximum absolute atomic E-state index is 5.35. The highest BCUT2D eigenvalue weighted by Crippen LogP contribution is 2.30. The van der Waals surface area contributed by atoms with Gasteiger partial charge in [-0.15, -0.1) is 11.8 Å². The highest BCUT2D eigenvalue weighted by Gasteiger charge is 2.29. The van der Waals surface area contributed by atoms with Crippen molar-refractivity contribution in [3.05, 3.63) is 0 Å². The Kier molecular flexibility index (Phi) is 2.94. The second kappa shape index (κ2) is 3.99. The molecule has 2 fully saturated rings. The van der Waals surface area contributed by atoms with Gasteiger partial charge in [0.05, 0.1) is 5.37 Å². The smallest absolute Gasteiger partial charge is 0.0565 e. The summed E-state index contributed by atoms with van der Waals surface area (Å²) in [4.78, 5) is 0. The largest absolute Gasteiger partial charge is 0.381 e. The molecule has 0 aromatic carbocycles. The van der Waals surface area contributed by atoms with Crippen LogP contribution in [-0.2, 0) is 4.74 Å². The molecule has 2 atom stereocenters. The summed E-state index contributed by atoms with van der Waals surface area (Å²) in [7, 11) is 0. The average Bonchev–Trinajstić information content (AvgIpc) is 2.54. The van der Waals surface area contributed by atoms with E-state index < -0.39 is 0 Å². The molecule has 0 aromatic rings. The zero-order valence-corrected chi connectivity index (χ0v) is 8.40. The van der Waals surface area contributed by atoms with Gasteiger partial charge in [-0.05, 0) is 25.7 Å². The minimum Gasteiger partial charge on any atom is -0.381 e. The molecule has 2 rings (SSSR count). The molecule has 0 radical (unpaired) electrons. The molecule has 0 amide bonds. The number of nitrogens with one attached hydrogen (secondary N) is 1. The Morgan fingerprint density at radius 3 is 2.67 bits per heavy atom. The van der Waals surface area contributed by atoms with E-state index in [1.54, 1.807) is 0 Å².